The van der Waals surface area contributed by atoms with Gasteiger partial charge in [0.05, 0.1) is 12.6 Å². The number of anilines is 1. The lowest BCUT2D eigenvalue weighted by Gasteiger charge is -2.41. The lowest BCUT2D eigenvalue weighted by molar-refractivity contribution is 0.116. The maximum Gasteiger partial charge on any atom is 0.151 e. The summed E-state index contributed by atoms with van der Waals surface area (Å²) >= 11 is 0. The molecule has 1 saturated heterocycles. The van der Waals surface area contributed by atoms with Crippen LogP contribution in [0, 0.1) is 0 Å². The summed E-state index contributed by atoms with van der Waals surface area (Å²) in [6.45, 7) is 5.12. The molecule has 1 aliphatic heterocycles. The highest BCUT2D eigenvalue weighted by atomic mass is 16.3. The van der Waals surface area contributed by atoms with Crippen molar-refractivity contribution in [2.75, 3.05) is 4.90 Å². The highest BCUT2D eigenvalue weighted by Crippen LogP contribution is 2.28. The second kappa shape index (κ2) is 5.90. The van der Waals surface area contributed by atoms with Crippen molar-refractivity contribution in [2.24, 2.45) is 0 Å². The Bertz CT molecular complexity index is 569. The Morgan fingerprint density at radius 2 is 1.76 bits per heavy atom. The number of piperidine rings is 1. The topological polar surface area (TPSA) is 41.3 Å². The van der Waals surface area contributed by atoms with E-state index in [4.69, 9.17) is 5.10 Å². The van der Waals surface area contributed by atoms with Crippen molar-refractivity contribution in [3.8, 4) is 0 Å². The molecule has 4 heteroatoms. The first-order valence-corrected chi connectivity index (χ1v) is 7.67. The molecule has 1 aromatic heterocycles. The summed E-state index contributed by atoms with van der Waals surface area (Å²) in [4.78, 5) is 2.33. The van der Waals surface area contributed by atoms with E-state index in [1.807, 2.05) is 16.9 Å². The minimum Gasteiger partial charge on any atom is -0.393 e. The van der Waals surface area contributed by atoms with Crippen LogP contribution in [0.15, 0.2) is 42.6 Å². The standard InChI is InChI=1S/C17H23N3O/c1-13-10-16(21)11-14(2)20(13)17-8-9-19(18-17)12-15-6-4-3-5-7-15/h3-9,13-14,16,21H,10-12H2,1-2H3/t13-,14+,16?. The average Bonchev–Trinajstić information content (AvgIpc) is 2.87. The van der Waals surface area contributed by atoms with Crippen LogP contribution in [0.5, 0.6) is 0 Å². The molecule has 2 aromatic rings. The molecule has 21 heavy (non-hydrogen) atoms. The first kappa shape index (κ1) is 14.1. The van der Waals surface area contributed by atoms with E-state index in [1.54, 1.807) is 0 Å². The molecule has 0 spiro atoms. The molecule has 1 aliphatic rings. The molecular formula is C17H23N3O. The Hall–Kier alpha value is -1.81. The number of rotatable bonds is 3. The van der Waals surface area contributed by atoms with Gasteiger partial charge in [0.15, 0.2) is 5.82 Å². The largest absolute Gasteiger partial charge is 0.393 e. The van der Waals surface area contributed by atoms with Gasteiger partial charge in [0.1, 0.15) is 0 Å². The van der Waals surface area contributed by atoms with Crippen LogP contribution in [0.3, 0.4) is 0 Å². The van der Waals surface area contributed by atoms with Crippen molar-refractivity contribution in [1.82, 2.24) is 9.78 Å². The molecule has 0 amide bonds. The maximum atomic E-state index is 9.86. The summed E-state index contributed by atoms with van der Waals surface area (Å²) in [6.07, 6.45) is 3.48. The molecule has 3 atom stereocenters. The molecule has 1 fully saturated rings. The van der Waals surface area contributed by atoms with E-state index < -0.39 is 0 Å². The van der Waals surface area contributed by atoms with Gasteiger partial charge in [0.2, 0.25) is 0 Å². The summed E-state index contributed by atoms with van der Waals surface area (Å²) < 4.78 is 1.98. The van der Waals surface area contributed by atoms with Crippen LogP contribution < -0.4 is 4.90 Å². The van der Waals surface area contributed by atoms with Crippen LogP contribution in [0.25, 0.3) is 0 Å². The van der Waals surface area contributed by atoms with E-state index in [1.165, 1.54) is 5.56 Å². The van der Waals surface area contributed by atoms with E-state index in [2.05, 4.69) is 49.1 Å². The van der Waals surface area contributed by atoms with Crippen LogP contribution in [-0.2, 0) is 6.54 Å². The summed E-state index contributed by atoms with van der Waals surface area (Å²) in [7, 11) is 0. The smallest absolute Gasteiger partial charge is 0.151 e. The van der Waals surface area contributed by atoms with E-state index in [9.17, 15) is 5.11 Å². The maximum absolute atomic E-state index is 9.86. The average molecular weight is 285 g/mol. The lowest BCUT2D eigenvalue weighted by atomic mass is 9.95. The third-order valence-electron chi connectivity index (χ3n) is 4.25. The molecule has 1 aromatic carbocycles. The minimum atomic E-state index is -0.183. The number of nitrogens with zero attached hydrogens (tertiary/aromatic N) is 3. The van der Waals surface area contributed by atoms with Crippen molar-refractivity contribution >= 4 is 5.82 Å². The first-order valence-electron chi connectivity index (χ1n) is 7.67. The predicted octanol–water partition coefficient (Wildman–Crippen LogP) is 2.67. The van der Waals surface area contributed by atoms with Gasteiger partial charge in [-0.25, -0.2) is 0 Å². The Balaban J connectivity index is 1.75. The Labute approximate surface area is 126 Å². The molecule has 3 rings (SSSR count). The minimum absolute atomic E-state index is 0.183. The second-order valence-corrected chi connectivity index (χ2v) is 6.09. The van der Waals surface area contributed by atoms with Crippen LogP contribution in [-0.4, -0.2) is 33.1 Å². The van der Waals surface area contributed by atoms with E-state index in [0.29, 0.717) is 12.1 Å². The molecule has 2 heterocycles. The monoisotopic (exact) mass is 285 g/mol. The van der Waals surface area contributed by atoms with Gasteiger partial charge in [-0.1, -0.05) is 30.3 Å². The fourth-order valence-corrected chi connectivity index (χ4v) is 3.34. The quantitative estimate of drug-likeness (QED) is 0.942. The number of hydrogen-bond acceptors (Lipinski definition) is 3. The third-order valence-corrected chi connectivity index (χ3v) is 4.25. The summed E-state index contributed by atoms with van der Waals surface area (Å²) in [5.74, 6) is 1.01. The van der Waals surface area contributed by atoms with E-state index in [0.717, 1.165) is 25.2 Å². The normalized spacial score (nSPS) is 26.0. The molecular weight excluding hydrogens is 262 g/mol. The summed E-state index contributed by atoms with van der Waals surface area (Å²) in [5, 5.41) is 14.6. The highest BCUT2D eigenvalue weighted by molar-refractivity contribution is 5.40. The van der Waals surface area contributed by atoms with Gasteiger partial charge in [0, 0.05) is 24.3 Å². The SMILES string of the molecule is C[C@@H]1CC(O)C[C@H](C)N1c1ccn(Cc2ccccc2)n1. The van der Waals surface area contributed by atoms with Crippen molar-refractivity contribution in [2.45, 2.75) is 51.4 Å². The number of aliphatic hydroxyl groups excluding tert-OH is 1. The molecule has 0 bridgehead atoms. The number of hydrogen-bond donors (Lipinski definition) is 1. The predicted molar refractivity (Wildman–Crippen MR) is 84.4 cm³/mol. The van der Waals surface area contributed by atoms with Crippen molar-refractivity contribution in [3.63, 3.8) is 0 Å². The van der Waals surface area contributed by atoms with Gasteiger partial charge in [0.25, 0.3) is 0 Å². The van der Waals surface area contributed by atoms with E-state index >= 15 is 0 Å². The molecule has 0 saturated carbocycles. The van der Waals surface area contributed by atoms with E-state index in [-0.39, 0.29) is 6.10 Å². The molecule has 1 N–H and O–H groups in total. The Morgan fingerprint density at radius 3 is 2.43 bits per heavy atom. The summed E-state index contributed by atoms with van der Waals surface area (Å²) in [5.41, 5.74) is 1.25. The molecule has 1 unspecified atom stereocenters. The van der Waals surface area contributed by atoms with Gasteiger partial charge in [-0.15, -0.1) is 0 Å². The van der Waals surface area contributed by atoms with Crippen LogP contribution >= 0.6 is 0 Å². The zero-order valence-corrected chi connectivity index (χ0v) is 12.7. The molecule has 0 aliphatic carbocycles. The third kappa shape index (κ3) is 3.10. The van der Waals surface area contributed by atoms with Gasteiger partial charge < -0.3 is 10.0 Å². The van der Waals surface area contributed by atoms with Gasteiger partial charge in [-0.05, 0) is 32.3 Å². The Kier molecular flexibility index (Phi) is 3.97. The lowest BCUT2D eigenvalue weighted by Crippen LogP contribution is -2.48. The number of aliphatic hydroxyl groups is 1. The van der Waals surface area contributed by atoms with Gasteiger partial charge in [-0.2, -0.15) is 5.10 Å². The second-order valence-electron chi connectivity index (χ2n) is 6.09. The zero-order valence-electron chi connectivity index (χ0n) is 12.7. The first-order chi connectivity index (χ1) is 10.1. The number of aromatic nitrogens is 2. The van der Waals surface area contributed by atoms with Crippen molar-refractivity contribution < 1.29 is 5.11 Å². The van der Waals surface area contributed by atoms with Crippen LogP contribution in [0.1, 0.15) is 32.3 Å². The molecule has 0 radical (unpaired) electrons. The summed E-state index contributed by atoms with van der Waals surface area (Å²) in [6, 6.07) is 13.1. The Morgan fingerprint density at radius 1 is 1.10 bits per heavy atom. The molecule has 112 valence electrons. The fourth-order valence-electron chi connectivity index (χ4n) is 3.34. The zero-order chi connectivity index (χ0) is 14.8. The number of benzene rings is 1. The van der Waals surface area contributed by atoms with Crippen LogP contribution in [0.4, 0.5) is 5.82 Å². The van der Waals surface area contributed by atoms with Crippen molar-refractivity contribution in [1.29, 1.82) is 0 Å². The molecule has 4 nitrogen and oxygen atoms in total. The van der Waals surface area contributed by atoms with Gasteiger partial charge in [-0.3, -0.25) is 4.68 Å². The van der Waals surface area contributed by atoms with Crippen molar-refractivity contribution in [3.05, 3.63) is 48.2 Å². The highest BCUT2D eigenvalue weighted by Gasteiger charge is 2.31. The van der Waals surface area contributed by atoms with Gasteiger partial charge >= 0.3 is 0 Å². The fraction of sp³-hybridized carbons (Fsp3) is 0.471. The van der Waals surface area contributed by atoms with Crippen LogP contribution in [0.2, 0.25) is 0 Å².